The first-order chi connectivity index (χ1) is 7.25. The number of hydrogen-bond donors (Lipinski definition) is 2. The second-order valence-corrected chi connectivity index (χ2v) is 4.54. The molecule has 0 aliphatic carbocycles. The number of hydrogen-bond acceptors (Lipinski definition) is 2. The molecule has 2 N–H and O–H groups in total. The first kappa shape index (κ1) is 10.1. The lowest BCUT2D eigenvalue weighted by Crippen LogP contribution is -2.05. The van der Waals surface area contributed by atoms with E-state index in [1.807, 2.05) is 18.2 Å². The smallest absolute Gasteiger partial charge is 0.264 e. The highest BCUT2D eigenvalue weighted by molar-refractivity contribution is 7.90. The monoisotopic (exact) mass is 222 g/mol. The van der Waals surface area contributed by atoms with E-state index < -0.39 is 11.2 Å². The molecule has 78 valence electrons. The Balaban J connectivity index is 2.10. The molecule has 1 aromatic heterocycles. The Kier molecular flexibility index (Phi) is 2.94. The van der Waals surface area contributed by atoms with E-state index in [4.69, 9.17) is 0 Å². The maximum atomic E-state index is 11.8. The van der Waals surface area contributed by atoms with Gasteiger partial charge >= 0.3 is 0 Å². The van der Waals surface area contributed by atoms with Crippen LogP contribution in [0.5, 0.6) is 0 Å². The Labute approximate surface area is 89.5 Å². The average molecular weight is 222 g/mol. The van der Waals surface area contributed by atoms with Crippen LogP contribution in [0.1, 0.15) is 5.69 Å². The number of aromatic nitrogens is 2. The minimum atomic E-state index is -1.11. The fourth-order valence-corrected chi connectivity index (χ4v) is 2.31. The predicted octanol–water partition coefficient (Wildman–Crippen LogP) is 1.01. The number of aromatic amines is 2. The maximum absolute atomic E-state index is 11.8. The summed E-state index contributed by atoms with van der Waals surface area (Å²) < 4.78 is 11.8. The van der Waals surface area contributed by atoms with Crippen molar-refractivity contribution in [3.63, 3.8) is 0 Å². The summed E-state index contributed by atoms with van der Waals surface area (Å²) in [6.07, 6.45) is 0. The molecule has 0 saturated heterocycles. The number of H-pyrrole nitrogens is 2. The van der Waals surface area contributed by atoms with Crippen LogP contribution in [0, 0.1) is 0 Å². The van der Waals surface area contributed by atoms with E-state index in [0.29, 0.717) is 11.4 Å². The van der Waals surface area contributed by atoms with E-state index in [-0.39, 0.29) is 5.56 Å². The molecule has 0 aliphatic rings. The quantitative estimate of drug-likeness (QED) is 0.761. The Morgan fingerprint density at radius 3 is 2.53 bits per heavy atom. The molecular weight excluding hydrogens is 212 g/mol. The van der Waals surface area contributed by atoms with Crippen molar-refractivity contribution in [1.82, 2.24) is 10.2 Å². The molecule has 1 heterocycles. The summed E-state index contributed by atoms with van der Waals surface area (Å²) in [5.74, 6) is 0.322. The van der Waals surface area contributed by atoms with Gasteiger partial charge in [0.05, 0.1) is 5.69 Å². The third-order valence-corrected chi connectivity index (χ3v) is 3.32. The summed E-state index contributed by atoms with van der Waals surface area (Å²) in [5.41, 5.74) is 0.456. The van der Waals surface area contributed by atoms with Crippen LogP contribution in [-0.2, 0) is 16.9 Å². The zero-order valence-corrected chi connectivity index (χ0v) is 8.71. The molecule has 2 rings (SSSR count). The van der Waals surface area contributed by atoms with Crippen molar-refractivity contribution in [2.24, 2.45) is 0 Å². The highest BCUT2D eigenvalue weighted by Gasteiger charge is 2.12. The highest BCUT2D eigenvalue weighted by Crippen LogP contribution is 2.13. The van der Waals surface area contributed by atoms with Crippen molar-refractivity contribution in [1.29, 1.82) is 0 Å². The van der Waals surface area contributed by atoms with E-state index >= 15 is 0 Å². The summed E-state index contributed by atoms with van der Waals surface area (Å²) >= 11 is -1.11. The van der Waals surface area contributed by atoms with Crippen molar-refractivity contribution in [2.75, 3.05) is 0 Å². The minimum Gasteiger partial charge on any atom is -0.611 e. The molecule has 5 heteroatoms. The largest absolute Gasteiger partial charge is 0.611 e. The average Bonchev–Trinajstić information content (AvgIpc) is 2.65. The maximum Gasteiger partial charge on any atom is 0.264 e. The summed E-state index contributed by atoms with van der Waals surface area (Å²) in [6, 6.07) is 10.6. The molecule has 0 radical (unpaired) electrons. The molecule has 15 heavy (non-hydrogen) atoms. The molecule has 1 unspecified atom stereocenters. The molecule has 2 aromatic rings. The molecular formula is C10H10N2O2S. The van der Waals surface area contributed by atoms with Crippen molar-refractivity contribution in [3.8, 4) is 0 Å². The van der Waals surface area contributed by atoms with Gasteiger partial charge in [-0.25, -0.2) is 0 Å². The van der Waals surface area contributed by atoms with Crippen LogP contribution < -0.4 is 5.56 Å². The van der Waals surface area contributed by atoms with Crippen LogP contribution in [0.4, 0.5) is 0 Å². The zero-order valence-electron chi connectivity index (χ0n) is 7.90. The Morgan fingerprint density at radius 2 is 1.93 bits per heavy atom. The molecule has 1 aromatic carbocycles. The molecule has 0 spiro atoms. The first-order valence-electron chi connectivity index (χ1n) is 4.46. The number of rotatable bonds is 3. The lowest BCUT2D eigenvalue weighted by atomic mass is 10.4. The van der Waals surface area contributed by atoms with Crippen molar-refractivity contribution >= 4 is 11.2 Å². The lowest BCUT2D eigenvalue weighted by Gasteiger charge is -2.08. The van der Waals surface area contributed by atoms with Gasteiger partial charge in [0.25, 0.3) is 5.56 Å². The molecule has 0 bridgehead atoms. The Bertz CT molecular complexity index is 477. The SMILES string of the molecule is O=c1cc(C[S+]([O-])c2ccccc2)[nH][nH]1. The Morgan fingerprint density at radius 1 is 1.20 bits per heavy atom. The van der Waals surface area contributed by atoms with Gasteiger partial charge in [0, 0.05) is 6.07 Å². The summed E-state index contributed by atoms with van der Waals surface area (Å²) in [5, 5.41) is 5.09. The third-order valence-electron chi connectivity index (χ3n) is 1.94. The molecule has 0 amide bonds. The van der Waals surface area contributed by atoms with E-state index in [9.17, 15) is 9.35 Å². The standard InChI is InChI=1S/C10H10N2O2S/c13-10-6-8(11-12-10)7-15(14)9-4-2-1-3-5-9/h1-6H,7H2,(H2,11,12,13). The van der Waals surface area contributed by atoms with Gasteiger partial charge in [-0.05, 0) is 23.3 Å². The molecule has 4 nitrogen and oxygen atoms in total. The van der Waals surface area contributed by atoms with Crippen LogP contribution in [0.3, 0.4) is 0 Å². The second-order valence-electron chi connectivity index (χ2n) is 3.09. The molecule has 0 saturated carbocycles. The van der Waals surface area contributed by atoms with Gasteiger partial charge in [0.15, 0.2) is 10.6 Å². The molecule has 1 atom stereocenters. The predicted molar refractivity (Wildman–Crippen MR) is 58.0 cm³/mol. The highest BCUT2D eigenvalue weighted by atomic mass is 32.2. The minimum absolute atomic E-state index is 0.199. The van der Waals surface area contributed by atoms with Crippen LogP contribution in [0.15, 0.2) is 46.1 Å². The number of benzene rings is 1. The van der Waals surface area contributed by atoms with Crippen LogP contribution in [0.2, 0.25) is 0 Å². The van der Waals surface area contributed by atoms with E-state index in [1.54, 1.807) is 12.1 Å². The van der Waals surface area contributed by atoms with Crippen molar-refractivity contribution in [2.45, 2.75) is 10.6 Å². The molecule has 0 fully saturated rings. The Hall–Kier alpha value is -1.46. The lowest BCUT2D eigenvalue weighted by molar-refractivity contribution is 0.593. The van der Waals surface area contributed by atoms with Crippen LogP contribution >= 0.6 is 0 Å². The molecule has 0 aliphatic heterocycles. The third kappa shape index (κ3) is 2.51. The first-order valence-corrected chi connectivity index (χ1v) is 5.77. The fourth-order valence-electron chi connectivity index (χ4n) is 1.25. The zero-order chi connectivity index (χ0) is 10.7. The van der Waals surface area contributed by atoms with Crippen LogP contribution in [0.25, 0.3) is 0 Å². The van der Waals surface area contributed by atoms with Crippen LogP contribution in [-0.4, -0.2) is 14.8 Å². The summed E-state index contributed by atoms with van der Waals surface area (Å²) in [7, 11) is 0. The normalized spacial score (nSPS) is 12.6. The van der Waals surface area contributed by atoms with Gasteiger partial charge in [0.2, 0.25) is 0 Å². The van der Waals surface area contributed by atoms with Gasteiger partial charge in [-0.15, -0.1) is 0 Å². The second kappa shape index (κ2) is 4.37. The van der Waals surface area contributed by atoms with Gasteiger partial charge in [-0.2, -0.15) is 0 Å². The summed E-state index contributed by atoms with van der Waals surface area (Å²) in [6.45, 7) is 0. The van der Waals surface area contributed by atoms with E-state index in [1.165, 1.54) is 6.07 Å². The van der Waals surface area contributed by atoms with Crippen molar-refractivity contribution < 1.29 is 4.55 Å². The van der Waals surface area contributed by atoms with E-state index in [2.05, 4.69) is 10.2 Å². The topological polar surface area (TPSA) is 71.7 Å². The van der Waals surface area contributed by atoms with Gasteiger partial charge in [0.1, 0.15) is 0 Å². The summed E-state index contributed by atoms with van der Waals surface area (Å²) in [4.78, 5) is 11.6. The number of nitrogens with one attached hydrogen (secondary N) is 2. The van der Waals surface area contributed by atoms with Crippen molar-refractivity contribution in [3.05, 3.63) is 52.4 Å². The van der Waals surface area contributed by atoms with E-state index in [0.717, 1.165) is 4.90 Å². The fraction of sp³-hybridized carbons (Fsp3) is 0.100. The van der Waals surface area contributed by atoms with Gasteiger partial charge in [-0.3, -0.25) is 15.0 Å². The van der Waals surface area contributed by atoms with Gasteiger partial charge < -0.3 is 4.55 Å². The van der Waals surface area contributed by atoms with Gasteiger partial charge in [-0.1, -0.05) is 18.2 Å².